The molecule has 0 saturated heterocycles. The van der Waals surface area contributed by atoms with E-state index in [9.17, 15) is 4.39 Å². The first-order valence-electron chi connectivity index (χ1n) is 5.53. The first kappa shape index (κ1) is 11.7. The van der Waals surface area contributed by atoms with Crippen LogP contribution in [0, 0.1) is 5.82 Å². The molecule has 0 spiro atoms. The zero-order valence-electron chi connectivity index (χ0n) is 9.61. The minimum atomic E-state index is -0.349. The summed E-state index contributed by atoms with van der Waals surface area (Å²) in [7, 11) is 1.89. The van der Waals surface area contributed by atoms with Crippen LogP contribution in [0.2, 0.25) is 0 Å². The molecule has 0 atom stereocenters. The third-order valence-electron chi connectivity index (χ3n) is 2.40. The molecule has 0 fully saturated rings. The van der Waals surface area contributed by atoms with Gasteiger partial charge >= 0.3 is 0 Å². The van der Waals surface area contributed by atoms with Gasteiger partial charge in [0.05, 0.1) is 5.56 Å². The third kappa shape index (κ3) is 2.88. The normalized spacial score (nSPS) is 10.7. The average Bonchev–Trinajstić information content (AvgIpc) is 2.79. The molecule has 1 aromatic carbocycles. The first-order valence-corrected chi connectivity index (χ1v) is 5.53. The van der Waals surface area contributed by atoms with Gasteiger partial charge in [-0.1, -0.05) is 17.3 Å². The summed E-state index contributed by atoms with van der Waals surface area (Å²) in [5, 5.41) is 6.86. The summed E-state index contributed by atoms with van der Waals surface area (Å²) in [5.74, 6) is 0.499. The Bertz CT molecular complexity index is 484. The Morgan fingerprint density at radius 3 is 2.94 bits per heavy atom. The zero-order chi connectivity index (χ0) is 12.1. The fraction of sp³-hybridized carbons (Fsp3) is 0.333. The summed E-state index contributed by atoms with van der Waals surface area (Å²) in [6.45, 7) is 0.892. The van der Waals surface area contributed by atoms with Crippen molar-refractivity contribution >= 4 is 0 Å². The van der Waals surface area contributed by atoms with Crippen molar-refractivity contribution < 1.29 is 8.91 Å². The van der Waals surface area contributed by atoms with Gasteiger partial charge in [-0.15, -0.1) is 0 Å². The van der Waals surface area contributed by atoms with Crippen LogP contribution >= 0.6 is 0 Å². The van der Waals surface area contributed by atoms with Crippen molar-refractivity contribution in [2.75, 3.05) is 13.6 Å². The van der Waals surface area contributed by atoms with E-state index in [1.54, 1.807) is 18.2 Å². The van der Waals surface area contributed by atoms with Crippen LogP contribution in [0.15, 0.2) is 28.8 Å². The van der Waals surface area contributed by atoms with Crippen LogP contribution in [0.1, 0.15) is 12.2 Å². The highest BCUT2D eigenvalue weighted by Crippen LogP contribution is 2.20. The molecule has 0 aliphatic heterocycles. The molecule has 0 amide bonds. The maximum atomic E-state index is 13.5. The number of halogens is 1. The summed E-state index contributed by atoms with van der Waals surface area (Å²) in [4.78, 5) is 4.17. The van der Waals surface area contributed by atoms with E-state index >= 15 is 0 Å². The Labute approximate surface area is 98.8 Å². The first-order chi connectivity index (χ1) is 8.31. The Kier molecular flexibility index (Phi) is 3.82. The molecular weight excluding hydrogens is 221 g/mol. The van der Waals surface area contributed by atoms with Gasteiger partial charge in [-0.05, 0) is 32.1 Å². The van der Waals surface area contributed by atoms with Crippen molar-refractivity contribution in [1.29, 1.82) is 0 Å². The molecule has 1 aromatic heterocycles. The molecule has 0 radical (unpaired) electrons. The van der Waals surface area contributed by atoms with Gasteiger partial charge in [0.1, 0.15) is 5.82 Å². The van der Waals surface area contributed by atoms with Gasteiger partial charge in [0, 0.05) is 6.42 Å². The van der Waals surface area contributed by atoms with E-state index in [4.69, 9.17) is 4.52 Å². The van der Waals surface area contributed by atoms with Gasteiger partial charge in [-0.3, -0.25) is 0 Å². The van der Waals surface area contributed by atoms with Crippen molar-refractivity contribution in [2.24, 2.45) is 0 Å². The molecule has 0 saturated carbocycles. The van der Waals surface area contributed by atoms with Gasteiger partial charge in [0.25, 0.3) is 5.89 Å². The minimum Gasteiger partial charge on any atom is -0.334 e. The van der Waals surface area contributed by atoms with E-state index in [2.05, 4.69) is 15.5 Å². The summed E-state index contributed by atoms with van der Waals surface area (Å²) >= 11 is 0. The smallest absolute Gasteiger partial charge is 0.260 e. The zero-order valence-corrected chi connectivity index (χ0v) is 9.61. The highest BCUT2D eigenvalue weighted by atomic mass is 19.1. The lowest BCUT2D eigenvalue weighted by Gasteiger charge is -1.95. The van der Waals surface area contributed by atoms with Crippen LogP contribution < -0.4 is 5.32 Å². The lowest BCUT2D eigenvalue weighted by atomic mass is 10.2. The predicted molar refractivity (Wildman–Crippen MR) is 61.9 cm³/mol. The quantitative estimate of drug-likeness (QED) is 0.806. The minimum absolute atomic E-state index is 0.238. The third-order valence-corrected chi connectivity index (χ3v) is 2.40. The second-order valence-corrected chi connectivity index (χ2v) is 3.70. The molecule has 17 heavy (non-hydrogen) atoms. The highest BCUT2D eigenvalue weighted by molar-refractivity contribution is 5.53. The van der Waals surface area contributed by atoms with E-state index in [0.717, 1.165) is 19.4 Å². The summed E-state index contributed by atoms with van der Waals surface area (Å²) in [6, 6.07) is 6.37. The number of hydrogen-bond acceptors (Lipinski definition) is 4. The van der Waals surface area contributed by atoms with E-state index in [-0.39, 0.29) is 11.7 Å². The van der Waals surface area contributed by atoms with Crippen molar-refractivity contribution in [1.82, 2.24) is 15.5 Å². The number of aromatic nitrogens is 2. The van der Waals surface area contributed by atoms with Crippen molar-refractivity contribution in [3.05, 3.63) is 35.9 Å². The predicted octanol–water partition coefficient (Wildman–Crippen LogP) is 2.03. The Hall–Kier alpha value is -1.75. The van der Waals surface area contributed by atoms with Crippen LogP contribution in [0.4, 0.5) is 4.39 Å². The number of nitrogens with zero attached hydrogens (tertiary/aromatic N) is 2. The van der Waals surface area contributed by atoms with E-state index in [0.29, 0.717) is 11.4 Å². The topological polar surface area (TPSA) is 51.0 Å². The molecule has 5 heteroatoms. The van der Waals surface area contributed by atoms with E-state index < -0.39 is 0 Å². The Morgan fingerprint density at radius 2 is 2.18 bits per heavy atom. The van der Waals surface area contributed by atoms with Gasteiger partial charge < -0.3 is 9.84 Å². The largest absolute Gasteiger partial charge is 0.334 e. The summed E-state index contributed by atoms with van der Waals surface area (Å²) < 4.78 is 18.5. The van der Waals surface area contributed by atoms with Gasteiger partial charge in [0.15, 0.2) is 5.82 Å². The molecule has 1 heterocycles. The van der Waals surface area contributed by atoms with Gasteiger partial charge in [-0.2, -0.15) is 4.98 Å². The SMILES string of the molecule is CNCCCc1noc(-c2ccccc2F)n1. The number of benzene rings is 1. The number of rotatable bonds is 5. The standard InChI is InChI=1S/C12H14FN3O/c1-14-8-4-7-11-15-12(17-16-11)9-5-2-3-6-10(9)13/h2-3,5-6,14H,4,7-8H2,1H3. The second kappa shape index (κ2) is 5.54. The van der Waals surface area contributed by atoms with Crippen LogP contribution in [0.3, 0.4) is 0 Å². The monoisotopic (exact) mass is 235 g/mol. The van der Waals surface area contributed by atoms with Crippen LogP contribution in [-0.4, -0.2) is 23.7 Å². The molecular formula is C12H14FN3O. The van der Waals surface area contributed by atoms with Gasteiger partial charge in [0.2, 0.25) is 0 Å². The second-order valence-electron chi connectivity index (χ2n) is 3.70. The molecule has 0 aliphatic rings. The molecule has 0 unspecified atom stereocenters. The number of hydrogen-bond donors (Lipinski definition) is 1. The summed E-state index contributed by atoms with van der Waals surface area (Å²) in [6.07, 6.45) is 1.64. The van der Waals surface area contributed by atoms with Crippen LogP contribution in [-0.2, 0) is 6.42 Å². The Balaban J connectivity index is 2.10. The molecule has 90 valence electrons. The number of aryl methyl sites for hydroxylation is 1. The summed E-state index contributed by atoms with van der Waals surface area (Å²) in [5.41, 5.74) is 0.347. The van der Waals surface area contributed by atoms with Crippen LogP contribution in [0.25, 0.3) is 11.5 Å². The molecule has 2 aromatic rings. The Morgan fingerprint density at radius 1 is 1.35 bits per heavy atom. The van der Waals surface area contributed by atoms with E-state index in [1.165, 1.54) is 6.07 Å². The van der Waals surface area contributed by atoms with Crippen molar-refractivity contribution in [2.45, 2.75) is 12.8 Å². The lowest BCUT2D eigenvalue weighted by molar-refractivity contribution is 0.419. The average molecular weight is 235 g/mol. The highest BCUT2D eigenvalue weighted by Gasteiger charge is 2.11. The molecule has 1 N–H and O–H groups in total. The lowest BCUT2D eigenvalue weighted by Crippen LogP contribution is -2.08. The molecule has 0 bridgehead atoms. The molecule has 0 aliphatic carbocycles. The molecule has 4 nitrogen and oxygen atoms in total. The fourth-order valence-corrected chi connectivity index (χ4v) is 1.52. The fourth-order valence-electron chi connectivity index (χ4n) is 1.52. The van der Waals surface area contributed by atoms with Crippen molar-refractivity contribution in [3.63, 3.8) is 0 Å². The molecule has 2 rings (SSSR count). The maximum Gasteiger partial charge on any atom is 0.260 e. The maximum absolute atomic E-state index is 13.5. The van der Waals surface area contributed by atoms with Crippen LogP contribution in [0.5, 0.6) is 0 Å². The van der Waals surface area contributed by atoms with E-state index in [1.807, 2.05) is 7.05 Å². The van der Waals surface area contributed by atoms with Crippen molar-refractivity contribution in [3.8, 4) is 11.5 Å². The van der Waals surface area contributed by atoms with Gasteiger partial charge in [-0.25, -0.2) is 4.39 Å². The number of nitrogens with one attached hydrogen (secondary N) is 1.